The van der Waals surface area contributed by atoms with Crippen molar-refractivity contribution >= 4 is 23.2 Å². The van der Waals surface area contributed by atoms with Crippen LogP contribution >= 0.6 is 23.2 Å². The van der Waals surface area contributed by atoms with Crippen molar-refractivity contribution in [3.8, 4) is 5.75 Å². The largest absolute Gasteiger partial charge is 0.488 e. The van der Waals surface area contributed by atoms with E-state index in [-0.39, 0.29) is 12.1 Å². The van der Waals surface area contributed by atoms with Gasteiger partial charge in [0.2, 0.25) is 0 Å². The van der Waals surface area contributed by atoms with Gasteiger partial charge in [0, 0.05) is 22.6 Å². The maximum absolute atomic E-state index is 10.6. The zero-order valence-corrected chi connectivity index (χ0v) is 14.8. The van der Waals surface area contributed by atoms with Crippen LogP contribution in [0.4, 0.5) is 0 Å². The predicted octanol–water partition coefficient (Wildman–Crippen LogP) is 4.44. The van der Waals surface area contributed by atoms with Gasteiger partial charge in [-0.15, -0.1) is 0 Å². The third-order valence-electron chi connectivity index (χ3n) is 4.36. The molecule has 24 heavy (non-hydrogen) atoms. The lowest BCUT2D eigenvalue weighted by Gasteiger charge is -2.35. The average Bonchev–Trinajstić information content (AvgIpc) is 2.58. The predicted molar refractivity (Wildman–Crippen MR) is 97.8 cm³/mol. The van der Waals surface area contributed by atoms with Gasteiger partial charge in [0.25, 0.3) is 0 Å². The molecule has 128 valence electrons. The summed E-state index contributed by atoms with van der Waals surface area (Å²) in [6.07, 6.45) is 2.04. The number of hydrogen-bond donors (Lipinski definition) is 2. The van der Waals surface area contributed by atoms with Crippen molar-refractivity contribution in [2.75, 3.05) is 0 Å². The standard InChI is InChI=1S/C19H21Cl2NO2/c20-14-7-9-16(10-8-14)24-18-6-2-5-17(19(18)23)22-12-13-3-1-4-15(21)11-13/h1,3-4,7-11,17-19,22-23H,2,5-6,12H2/t17-,18+,19+/m0/s1. The second-order valence-corrected chi connectivity index (χ2v) is 7.02. The van der Waals surface area contributed by atoms with E-state index < -0.39 is 6.10 Å². The second-order valence-electron chi connectivity index (χ2n) is 6.15. The van der Waals surface area contributed by atoms with E-state index in [0.29, 0.717) is 11.6 Å². The molecule has 1 aliphatic rings. The summed E-state index contributed by atoms with van der Waals surface area (Å²) >= 11 is 11.9. The zero-order valence-electron chi connectivity index (χ0n) is 13.3. The van der Waals surface area contributed by atoms with Crippen molar-refractivity contribution in [3.63, 3.8) is 0 Å². The van der Waals surface area contributed by atoms with Gasteiger partial charge in [-0.2, -0.15) is 0 Å². The summed E-state index contributed by atoms with van der Waals surface area (Å²) in [7, 11) is 0. The molecule has 0 spiro atoms. The summed E-state index contributed by atoms with van der Waals surface area (Å²) < 4.78 is 5.95. The molecule has 1 saturated carbocycles. The lowest BCUT2D eigenvalue weighted by atomic mass is 9.89. The van der Waals surface area contributed by atoms with Gasteiger partial charge in [-0.05, 0) is 61.2 Å². The van der Waals surface area contributed by atoms with Crippen molar-refractivity contribution in [1.82, 2.24) is 5.32 Å². The molecule has 0 amide bonds. The molecule has 0 bridgehead atoms. The highest BCUT2D eigenvalue weighted by molar-refractivity contribution is 6.30. The van der Waals surface area contributed by atoms with Crippen LogP contribution in [0.15, 0.2) is 48.5 Å². The second kappa shape index (κ2) is 8.21. The molecule has 3 nitrogen and oxygen atoms in total. The lowest BCUT2D eigenvalue weighted by molar-refractivity contribution is -0.0157. The normalized spacial score (nSPS) is 23.9. The molecular weight excluding hydrogens is 345 g/mol. The fourth-order valence-electron chi connectivity index (χ4n) is 3.07. The minimum absolute atomic E-state index is 0.00929. The molecule has 2 aromatic carbocycles. The molecule has 2 aromatic rings. The molecule has 2 N–H and O–H groups in total. The summed E-state index contributed by atoms with van der Waals surface area (Å²) in [6, 6.07) is 15.0. The molecule has 5 heteroatoms. The maximum atomic E-state index is 10.6. The third kappa shape index (κ3) is 4.64. The Balaban J connectivity index is 1.58. The highest BCUT2D eigenvalue weighted by Crippen LogP contribution is 2.25. The van der Waals surface area contributed by atoms with Gasteiger partial charge in [0.1, 0.15) is 18.0 Å². The van der Waals surface area contributed by atoms with Gasteiger partial charge in [0.05, 0.1) is 0 Å². The monoisotopic (exact) mass is 365 g/mol. The van der Waals surface area contributed by atoms with Gasteiger partial charge >= 0.3 is 0 Å². The Morgan fingerprint density at radius 1 is 1.04 bits per heavy atom. The Morgan fingerprint density at radius 2 is 1.83 bits per heavy atom. The molecule has 0 saturated heterocycles. The summed E-state index contributed by atoms with van der Waals surface area (Å²) in [6.45, 7) is 0.677. The van der Waals surface area contributed by atoms with Crippen LogP contribution in [0.25, 0.3) is 0 Å². The van der Waals surface area contributed by atoms with E-state index in [4.69, 9.17) is 27.9 Å². The van der Waals surface area contributed by atoms with Crippen LogP contribution in [0, 0.1) is 0 Å². The average molecular weight is 366 g/mol. The number of aliphatic hydroxyl groups is 1. The number of halogens is 2. The van der Waals surface area contributed by atoms with Crippen LogP contribution in [-0.4, -0.2) is 23.4 Å². The van der Waals surface area contributed by atoms with Crippen LogP contribution in [0.3, 0.4) is 0 Å². The smallest absolute Gasteiger partial charge is 0.126 e. The van der Waals surface area contributed by atoms with Gasteiger partial charge in [-0.3, -0.25) is 0 Å². The Bertz CT molecular complexity index is 663. The number of nitrogens with one attached hydrogen (secondary N) is 1. The summed E-state index contributed by atoms with van der Waals surface area (Å²) in [5.41, 5.74) is 1.11. The van der Waals surface area contributed by atoms with Crippen molar-refractivity contribution in [2.45, 2.75) is 44.1 Å². The van der Waals surface area contributed by atoms with Gasteiger partial charge in [0.15, 0.2) is 0 Å². The van der Waals surface area contributed by atoms with Crippen LogP contribution in [0.5, 0.6) is 5.75 Å². The number of hydrogen-bond acceptors (Lipinski definition) is 3. The summed E-state index contributed by atoms with van der Waals surface area (Å²) in [5.74, 6) is 0.735. The van der Waals surface area contributed by atoms with Crippen LogP contribution < -0.4 is 10.1 Å². The topological polar surface area (TPSA) is 41.5 Å². The number of ether oxygens (including phenoxy) is 1. The first-order valence-electron chi connectivity index (χ1n) is 8.20. The Kier molecular flexibility index (Phi) is 6.01. The Labute approximate surface area is 152 Å². The highest BCUT2D eigenvalue weighted by atomic mass is 35.5. The SMILES string of the molecule is O[C@@H]1[C@@H](NCc2cccc(Cl)c2)CCC[C@H]1Oc1ccc(Cl)cc1. The van der Waals surface area contributed by atoms with Gasteiger partial charge in [-0.1, -0.05) is 35.3 Å². The molecule has 0 heterocycles. The minimum atomic E-state index is -0.548. The molecule has 0 aliphatic heterocycles. The van der Waals surface area contributed by atoms with Gasteiger partial charge in [-0.25, -0.2) is 0 Å². The van der Waals surface area contributed by atoms with E-state index in [0.717, 1.165) is 35.6 Å². The first-order valence-corrected chi connectivity index (χ1v) is 8.95. The molecule has 3 atom stereocenters. The molecule has 3 rings (SSSR count). The first-order chi connectivity index (χ1) is 11.6. The first kappa shape index (κ1) is 17.6. The van der Waals surface area contributed by atoms with Crippen LogP contribution in [-0.2, 0) is 6.54 Å². The fraction of sp³-hybridized carbons (Fsp3) is 0.368. The molecule has 0 radical (unpaired) electrons. The molecular formula is C19H21Cl2NO2. The van der Waals surface area contributed by atoms with E-state index in [1.54, 1.807) is 12.1 Å². The number of rotatable bonds is 5. The van der Waals surface area contributed by atoms with Crippen molar-refractivity contribution in [3.05, 3.63) is 64.1 Å². The molecule has 0 unspecified atom stereocenters. The quantitative estimate of drug-likeness (QED) is 0.822. The third-order valence-corrected chi connectivity index (χ3v) is 4.84. The lowest BCUT2D eigenvalue weighted by Crippen LogP contribution is -2.50. The van der Waals surface area contributed by atoms with E-state index in [2.05, 4.69) is 5.32 Å². The van der Waals surface area contributed by atoms with Crippen molar-refractivity contribution in [1.29, 1.82) is 0 Å². The zero-order chi connectivity index (χ0) is 16.9. The number of aliphatic hydroxyl groups excluding tert-OH is 1. The van der Waals surface area contributed by atoms with Crippen molar-refractivity contribution < 1.29 is 9.84 Å². The minimum Gasteiger partial charge on any atom is -0.488 e. The summed E-state index contributed by atoms with van der Waals surface area (Å²) in [5, 5.41) is 15.5. The summed E-state index contributed by atoms with van der Waals surface area (Å²) in [4.78, 5) is 0. The van der Waals surface area contributed by atoms with E-state index in [1.807, 2.05) is 36.4 Å². The van der Waals surface area contributed by atoms with E-state index in [1.165, 1.54) is 0 Å². The highest BCUT2D eigenvalue weighted by Gasteiger charge is 2.33. The Hall–Kier alpha value is -1.26. The number of benzene rings is 2. The maximum Gasteiger partial charge on any atom is 0.126 e. The van der Waals surface area contributed by atoms with E-state index >= 15 is 0 Å². The van der Waals surface area contributed by atoms with Crippen LogP contribution in [0.2, 0.25) is 10.0 Å². The fourth-order valence-corrected chi connectivity index (χ4v) is 3.41. The van der Waals surface area contributed by atoms with Crippen molar-refractivity contribution in [2.24, 2.45) is 0 Å². The van der Waals surface area contributed by atoms with Crippen LogP contribution in [0.1, 0.15) is 24.8 Å². The molecule has 0 aromatic heterocycles. The van der Waals surface area contributed by atoms with Gasteiger partial charge < -0.3 is 15.2 Å². The Morgan fingerprint density at radius 3 is 2.58 bits per heavy atom. The molecule has 1 fully saturated rings. The molecule has 1 aliphatic carbocycles. The van der Waals surface area contributed by atoms with E-state index in [9.17, 15) is 5.11 Å².